The number of carboxylic acids is 1. The Morgan fingerprint density at radius 2 is 2.08 bits per heavy atom. The second-order valence-corrected chi connectivity index (χ2v) is 2.63. The summed E-state index contributed by atoms with van der Waals surface area (Å²) in [6.45, 7) is 2.83. The number of hydrogen-bond donors (Lipinski definition) is 1. The van der Waals surface area contributed by atoms with E-state index in [1.54, 1.807) is 14.0 Å². The van der Waals surface area contributed by atoms with Crippen LogP contribution in [0.15, 0.2) is 0 Å². The third-order valence-corrected chi connectivity index (χ3v) is 1.39. The van der Waals surface area contributed by atoms with Gasteiger partial charge in [0, 0.05) is 7.11 Å². The molecule has 0 saturated heterocycles. The van der Waals surface area contributed by atoms with Gasteiger partial charge in [0.2, 0.25) is 0 Å². The molecule has 0 amide bonds. The molecule has 0 aromatic carbocycles. The van der Waals surface area contributed by atoms with Crippen LogP contribution in [0.1, 0.15) is 6.92 Å². The molecule has 0 spiro atoms. The van der Waals surface area contributed by atoms with Crippen LogP contribution in [0.3, 0.4) is 0 Å². The Labute approximate surface area is 77.6 Å². The van der Waals surface area contributed by atoms with Crippen molar-refractivity contribution in [1.29, 1.82) is 0 Å². The Morgan fingerprint density at radius 3 is 2.62 bits per heavy atom. The quantitative estimate of drug-likeness (QED) is 0.444. The first-order valence-corrected chi connectivity index (χ1v) is 4.05. The van der Waals surface area contributed by atoms with Crippen LogP contribution in [0.25, 0.3) is 0 Å². The van der Waals surface area contributed by atoms with Crippen LogP contribution >= 0.6 is 0 Å². The Hall–Kier alpha value is -0.650. The molecule has 5 nitrogen and oxygen atoms in total. The lowest BCUT2D eigenvalue weighted by atomic mass is 10.2. The summed E-state index contributed by atoms with van der Waals surface area (Å²) in [7, 11) is 1.58. The second-order valence-electron chi connectivity index (χ2n) is 2.63. The summed E-state index contributed by atoms with van der Waals surface area (Å²) in [4.78, 5) is 10.3. The minimum atomic E-state index is -0.864. The summed E-state index contributed by atoms with van der Waals surface area (Å²) in [5.41, 5.74) is 0. The predicted molar refractivity (Wildman–Crippen MR) is 45.4 cm³/mol. The molecule has 0 fully saturated rings. The molecular weight excluding hydrogens is 176 g/mol. The zero-order valence-electron chi connectivity index (χ0n) is 7.99. The largest absolute Gasteiger partial charge is 0.481 e. The number of hydrogen-bond acceptors (Lipinski definition) is 4. The molecule has 0 unspecified atom stereocenters. The van der Waals surface area contributed by atoms with Gasteiger partial charge in [0.05, 0.1) is 25.7 Å². The van der Waals surface area contributed by atoms with Crippen molar-refractivity contribution in [2.75, 3.05) is 33.7 Å². The van der Waals surface area contributed by atoms with E-state index in [1.165, 1.54) is 0 Å². The number of carboxylic acid groups (broad SMARTS) is 1. The van der Waals surface area contributed by atoms with Crippen LogP contribution in [-0.4, -0.2) is 44.8 Å². The zero-order chi connectivity index (χ0) is 10.1. The molecule has 0 aromatic heterocycles. The zero-order valence-corrected chi connectivity index (χ0v) is 7.99. The predicted octanol–water partition coefficient (Wildman–Crippen LogP) is 0.344. The van der Waals surface area contributed by atoms with E-state index in [2.05, 4.69) is 0 Å². The molecule has 1 atom stereocenters. The van der Waals surface area contributed by atoms with Gasteiger partial charge in [-0.05, 0) is 6.92 Å². The molecule has 5 heteroatoms. The maximum absolute atomic E-state index is 10.3. The van der Waals surface area contributed by atoms with Gasteiger partial charge in [-0.3, -0.25) is 4.79 Å². The molecule has 0 bridgehead atoms. The smallest absolute Gasteiger partial charge is 0.308 e. The molecule has 0 aliphatic heterocycles. The van der Waals surface area contributed by atoms with Gasteiger partial charge in [-0.2, -0.15) is 0 Å². The first-order valence-electron chi connectivity index (χ1n) is 4.05. The van der Waals surface area contributed by atoms with Crippen molar-refractivity contribution < 1.29 is 24.1 Å². The fourth-order valence-corrected chi connectivity index (χ4v) is 0.556. The molecule has 0 radical (unpaired) electrons. The van der Waals surface area contributed by atoms with Gasteiger partial charge in [0.1, 0.15) is 6.79 Å². The highest BCUT2D eigenvalue weighted by Crippen LogP contribution is 1.95. The highest BCUT2D eigenvalue weighted by atomic mass is 16.7. The molecule has 78 valence electrons. The van der Waals surface area contributed by atoms with Crippen molar-refractivity contribution in [1.82, 2.24) is 0 Å². The Balaban J connectivity index is 3.11. The van der Waals surface area contributed by atoms with Gasteiger partial charge >= 0.3 is 5.97 Å². The lowest BCUT2D eigenvalue weighted by Gasteiger charge is -2.07. The minimum Gasteiger partial charge on any atom is -0.481 e. The molecule has 0 saturated carbocycles. The Morgan fingerprint density at radius 1 is 1.38 bits per heavy atom. The fraction of sp³-hybridized carbons (Fsp3) is 0.875. The van der Waals surface area contributed by atoms with E-state index in [0.717, 1.165) is 0 Å². The SMILES string of the molecule is COCCOCOC[C@H](C)C(=O)O. The van der Waals surface area contributed by atoms with Gasteiger partial charge in [-0.1, -0.05) is 0 Å². The standard InChI is InChI=1S/C8H16O5/c1-7(8(9)10)5-13-6-12-4-3-11-2/h7H,3-6H2,1-2H3,(H,9,10)/t7-/m0/s1. The first-order chi connectivity index (χ1) is 6.18. The molecule has 0 heterocycles. The average molecular weight is 192 g/mol. The van der Waals surface area contributed by atoms with Crippen LogP contribution in [-0.2, 0) is 19.0 Å². The lowest BCUT2D eigenvalue weighted by molar-refractivity contribution is -0.145. The molecule has 0 aromatic rings. The van der Waals surface area contributed by atoms with Crippen LogP contribution in [0.2, 0.25) is 0 Å². The Bertz CT molecular complexity index is 136. The maximum atomic E-state index is 10.3. The number of aliphatic carboxylic acids is 1. The van der Waals surface area contributed by atoms with Gasteiger partial charge in [-0.25, -0.2) is 0 Å². The van der Waals surface area contributed by atoms with Crippen molar-refractivity contribution >= 4 is 5.97 Å². The van der Waals surface area contributed by atoms with Crippen molar-refractivity contribution in [3.05, 3.63) is 0 Å². The van der Waals surface area contributed by atoms with Crippen LogP contribution in [0, 0.1) is 5.92 Å². The summed E-state index contributed by atoms with van der Waals surface area (Å²) >= 11 is 0. The second kappa shape index (κ2) is 7.97. The number of rotatable bonds is 8. The highest BCUT2D eigenvalue weighted by Gasteiger charge is 2.09. The average Bonchev–Trinajstić information content (AvgIpc) is 2.10. The minimum absolute atomic E-state index is 0.112. The van der Waals surface area contributed by atoms with Crippen molar-refractivity contribution in [3.8, 4) is 0 Å². The van der Waals surface area contributed by atoms with E-state index in [9.17, 15) is 4.79 Å². The van der Waals surface area contributed by atoms with E-state index in [1.807, 2.05) is 0 Å². The van der Waals surface area contributed by atoms with Crippen LogP contribution < -0.4 is 0 Å². The van der Waals surface area contributed by atoms with E-state index in [0.29, 0.717) is 13.2 Å². The molecule has 13 heavy (non-hydrogen) atoms. The van der Waals surface area contributed by atoms with Crippen molar-refractivity contribution in [3.63, 3.8) is 0 Å². The number of ether oxygens (including phenoxy) is 3. The molecule has 0 rings (SSSR count). The normalized spacial score (nSPS) is 12.8. The summed E-state index contributed by atoms with van der Waals surface area (Å²) in [5.74, 6) is -1.36. The third kappa shape index (κ3) is 7.70. The lowest BCUT2D eigenvalue weighted by Crippen LogP contribution is -2.17. The molecule has 1 N–H and O–H groups in total. The van der Waals surface area contributed by atoms with Gasteiger partial charge in [0.25, 0.3) is 0 Å². The van der Waals surface area contributed by atoms with Gasteiger partial charge in [0.15, 0.2) is 0 Å². The summed E-state index contributed by atoms with van der Waals surface area (Å²) < 4.78 is 14.6. The van der Waals surface area contributed by atoms with Crippen molar-refractivity contribution in [2.24, 2.45) is 5.92 Å². The maximum Gasteiger partial charge on any atom is 0.308 e. The van der Waals surface area contributed by atoms with E-state index in [-0.39, 0.29) is 13.4 Å². The number of carbonyl (C=O) groups is 1. The third-order valence-electron chi connectivity index (χ3n) is 1.39. The topological polar surface area (TPSA) is 65.0 Å². The molecule has 0 aliphatic rings. The summed E-state index contributed by atoms with van der Waals surface area (Å²) in [5, 5.41) is 8.48. The Kier molecular flexibility index (Phi) is 7.57. The summed E-state index contributed by atoms with van der Waals surface area (Å²) in [6.07, 6.45) is 0. The van der Waals surface area contributed by atoms with Gasteiger partial charge in [-0.15, -0.1) is 0 Å². The van der Waals surface area contributed by atoms with E-state index >= 15 is 0 Å². The van der Waals surface area contributed by atoms with Crippen LogP contribution in [0.5, 0.6) is 0 Å². The van der Waals surface area contributed by atoms with E-state index in [4.69, 9.17) is 19.3 Å². The molecular formula is C8H16O5. The van der Waals surface area contributed by atoms with E-state index < -0.39 is 11.9 Å². The fourth-order valence-electron chi connectivity index (χ4n) is 0.556. The van der Waals surface area contributed by atoms with Crippen LogP contribution in [0.4, 0.5) is 0 Å². The number of methoxy groups -OCH3 is 1. The van der Waals surface area contributed by atoms with Gasteiger partial charge < -0.3 is 19.3 Å². The molecule has 0 aliphatic carbocycles. The highest BCUT2D eigenvalue weighted by molar-refractivity contribution is 5.69. The monoisotopic (exact) mass is 192 g/mol. The summed E-state index contributed by atoms with van der Waals surface area (Å²) in [6, 6.07) is 0. The first kappa shape index (κ1) is 12.3. The van der Waals surface area contributed by atoms with Crippen molar-refractivity contribution in [2.45, 2.75) is 6.92 Å².